The van der Waals surface area contributed by atoms with Crippen LogP contribution in [0.15, 0.2) is 11.6 Å². The Morgan fingerprint density at radius 3 is 2.25 bits per heavy atom. The van der Waals surface area contributed by atoms with E-state index in [2.05, 4.69) is 24.1 Å². The third-order valence-electron chi connectivity index (χ3n) is 7.02. The van der Waals surface area contributed by atoms with Gasteiger partial charge in [-0.2, -0.15) is 0 Å². The number of aliphatic carboxylic acids is 1. The summed E-state index contributed by atoms with van der Waals surface area (Å²) < 4.78 is 0. The first-order valence-corrected chi connectivity index (χ1v) is 12.2. The maximum atomic E-state index is 13.6. The van der Waals surface area contributed by atoms with Crippen molar-refractivity contribution in [1.82, 2.24) is 15.1 Å². The van der Waals surface area contributed by atoms with Gasteiger partial charge >= 0.3 is 5.97 Å². The van der Waals surface area contributed by atoms with Crippen molar-refractivity contribution in [2.45, 2.75) is 105 Å². The van der Waals surface area contributed by atoms with Gasteiger partial charge in [0.05, 0.1) is 12.1 Å². The zero-order valence-electron chi connectivity index (χ0n) is 21.4. The van der Waals surface area contributed by atoms with Crippen LogP contribution in [0.25, 0.3) is 0 Å². The standard InChI is InChI=1S/C25H45N3O4/c1-9-17(5)22(24(30)27(8)21(16(3)4)15-18(6)25(31)32)26-23(29)20-13-11-12-14-28(20)19(7)10-2/h15-17,19-22H,9-14H2,1-8H3,(H,26,29)(H,31,32)/b18-15+/t17-,19?,20?,21+,22?/m0/s1. The average Bonchev–Trinajstić information content (AvgIpc) is 2.78. The van der Waals surface area contributed by atoms with Crippen LogP contribution in [0, 0.1) is 11.8 Å². The number of carbonyl (C=O) groups is 3. The number of rotatable bonds is 11. The summed E-state index contributed by atoms with van der Waals surface area (Å²) in [7, 11) is 1.70. The van der Waals surface area contributed by atoms with Crippen molar-refractivity contribution in [2.75, 3.05) is 13.6 Å². The van der Waals surface area contributed by atoms with E-state index in [1.165, 1.54) is 6.92 Å². The highest BCUT2D eigenvalue weighted by atomic mass is 16.4. The quantitative estimate of drug-likeness (QED) is 0.468. The maximum Gasteiger partial charge on any atom is 0.331 e. The molecule has 1 aliphatic heterocycles. The second-order valence-corrected chi connectivity index (χ2v) is 9.72. The predicted octanol–water partition coefficient (Wildman–Crippen LogP) is 3.68. The van der Waals surface area contributed by atoms with E-state index in [-0.39, 0.29) is 41.3 Å². The summed E-state index contributed by atoms with van der Waals surface area (Å²) in [6, 6.07) is -0.898. The molecule has 32 heavy (non-hydrogen) atoms. The molecule has 0 bridgehead atoms. The minimum Gasteiger partial charge on any atom is -0.478 e. The second kappa shape index (κ2) is 13.0. The molecule has 0 saturated carbocycles. The number of hydrogen-bond acceptors (Lipinski definition) is 4. The summed E-state index contributed by atoms with van der Waals surface area (Å²) in [5, 5.41) is 12.4. The molecule has 0 aromatic heterocycles. The first-order chi connectivity index (χ1) is 15.0. The van der Waals surface area contributed by atoms with E-state index in [0.29, 0.717) is 6.04 Å². The third kappa shape index (κ3) is 7.32. The highest BCUT2D eigenvalue weighted by molar-refractivity contribution is 5.90. The Hall–Kier alpha value is -1.89. The number of likely N-dealkylation sites (tertiary alicyclic amines) is 1. The first-order valence-electron chi connectivity index (χ1n) is 12.2. The molecule has 5 atom stereocenters. The minimum absolute atomic E-state index is 0.0331. The first kappa shape index (κ1) is 28.1. The second-order valence-electron chi connectivity index (χ2n) is 9.72. The number of likely N-dealkylation sites (N-methyl/N-ethyl adjacent to an activating group) is 1. The van der Waals surface area contributed by atoms with E-state index in [1.807, 2.05) is 27.7 Å². The van der Waals surface area contributed by atoms with Crippen LogP contribution in [-0.4, -0.2) is 70.4 Å². The smallest absolute Gasteiger partial charge is 0.331 e. The molecule has 0 aliphatic carbocycles. The van der Waals surface area contributed by atoms with Crippen molar-refractivity contribution in [3.05, 3.63) is 11.6 Å². The van der Waals surface area contributed by atoms with Crippen molar-refractivity contribution in [1.29, 1.82) is 0 Å². The number of piperidine rings is 1. The fourth-order valence-electron chi connectivity index (χ4n) is 4.38. The van der Waals surface area contributed by atoms with Crippen LogP contribution in [0.5, 0.6) is 0 Å². The summed E-state index contributed by atoms with van der Waals surface area (Å²) in [5.41, 5.74) is 0.207. The maximum absolute atomic E-state index is 13.6. The Balaban J connectivity index is 3.13. The molecule has 2 amide bonds. The number of amides is 2. The lowest BCUT2D eigenvalue weighted by molar-refractivity contribution is -0.140. The molecule has 2 N–H and O–H groups in total. The molecule has 1 heterocycles. The Morgan fingerprint density at radius 1 is 1.12 bits per heavy atom. The van der Waals surface area contributed by atoms with Gasteiger partial charge in [0.25, 0.3) is 0 Å². The molecule has 7 nitrogen and oxygen atoms in total. The van der Waals surface area contributed by atoms with Gasteiger partial charge in [-0.05, 0) is 51.5 Å². The summed E-state index contributed by atoms with van der Waals surface area (Å²) in [6.07, 6.45) is 6.28. The Morgan fingerprint density at radius 2 is 1.75 bits per heavy atom. The van der Waals surface area contributed by atoms with Gasteiger partial charge in [-0.1, -0.05) is 53.5 Å². The van der Waals surface area contributed by atoms with Crippen molar-refractivity contribution < 1.29 is 19.5 Å². The molecule has 0 aromatic carbocycles. The summed E-state index contributed by atoms with van der Waals surface area (Å²) in [4.78, 5) is 42.1. The van der Waals surface area contributed by atoms with Crippen molar-refractivity contribution in [3.63, 3.8) is 0 Å². The molecule has 0 radical (unpaired) electrons. The summed E-state index contributed by atoms with van der Waals surface area (Å²) in [5.74, 6) is -1.24. The normalized spacial score (nSPS) is 21.5. The van der Waals surface area contributed by atoms with Crippen molar-refractivity contribution in [2.24, 2.45) is 11.8 Å². The number of nitrogens with one attached hydrogen (secondary N) is 1. The van der Waals surface area contributed by atoms with E-state index in [1.54, 1.807) is 18.0 Å². The molecule has 184 valence electrons. The Kier molecular flexibility index (Phi) is 11.4. The van der Waals surface area contributed by atoms with Gasteiger partial charge in [0.1, 0.15) is 6.04 Å². The molecule has 7 heteroatoms. The lowest BCUT2D eigenvalue weighted by Gasteiger charge is -2.40. The van der Waals surface area contributed by atoms with Gasteiger partial charge < -0.3 is 15.3 Å². The highest BCUT2D eigenvalue weighted by Crippen LogP contribution is 2.23. The molecule has 0 spiro atoms. The van der Waals surface area contributed by atoms with Crippen LogP contribution in [-0.2, 0) is 14.4 Å². The van der Waals surface area contributed by atoms with E-state index in [0.717, 1.165) is 38.6 Å². The van der Waals surface area contributed by atoms with E-state index in [9.17, 15) is 19.5 Å². The largest absolute Gasteiger partial charge is 0.478 e. The number of carboxylic acid groups (broad SMARTS) is 1. The highest BCUT2D eigenvalue weighted by Gasteiger charge is 2.36. The van der Waals surface area contributed by atoms with Gasteiger partial charge in [-0.25, -0.2) is 4.79 Å². The van der Waals surface area contributed by atoms with E-state index in [4.69, 9.17) is 0 Å². The third-order valence-corrected chi connectivity index (χ3v) is 7.02. The molecule has 3 unspecified atom stereocenters. The molecule has 1 fully saturated rings. The number of hydrogen-bond donors (Lipinski definition) is 2. The van der Waals surface area contributed by atoms with Crippen LogP contribution in [0.3, 0.4) is 0 Å². The molecular formula is C25H45N3O4. The monoisotopic (exact) mass is 451 g/mol. The lowest BCUT2D eigenvalue weighted by atomic mass is 9.93. The molecule has 0 aromatic rings. The lowest BCUT2D eigenvalue weighted by Crippen LogP contribution is -2.59. The predicted molar refractivity (Wildman–Crippen MR) is 128 cm³/mol. The zero-order valence-corrected chi connectivity index (χ0v) is 21.4. The Labute approximate surface area is 194 Å². The van der Waals surface area contributed by atoms with Crippen LogP contribution < -0.4 is 5.32 Å². The van der Waals surface area contributed by atoms with Crippen molar-refractivity contribution >= 4 is 17.8 Å². The number of carboxylic acids is 1. The van der Waals surface area contributed by atoms with Crippen LogP contribution in [0.1, 0.15) is 80.6 Å². The average molecular weight is 452 g/mol. The molecular weight excluding hydrogens is 406 g/mol. The fourth-order valence-corrected chi connectivity index (χ4v) is 4.38. The minimum atomic E-state index is -0.995. The van der Waals surface area contributed by atoms with Gasteiger partial charge in [-0.3, -0.25) is 14.5 Å². The van der Waals surface area contributed by atoms with Crippen LogP contribution in [0.4, 0.5) is 0 Å². The molecule has 1 aliphatic rings. The number of nitrogens with zero attached hydrogens (tertiary/aromatic N) is 2. The van der Waals surface area contributed by atoms with Gasteiger partial charge in [0.15, 0.2) is 0 Å². The van der Waals surface area contributed by atoms with E-state index >= 15 is 0 Å². The van der Waals surface area contributed by atoms with Crippen molar-refractivity contribution in [3.8, 4) is 0 Å². The van der Waals surface area contributed by atoms with Crippen LogP contribution in [0.2, 0.25) is 0 Å². The fraction of sp³-hybridized carbons (Fsp3) is 0.800. The number of carbonyl (C=O) groups excluding carboxylic acids is 2. The molecule has 1 saturated heterocycles. The summed E-state index contributed by atoms with van der Waals surface area (Å²) in [6.45, 7) is 14.6. The van der Waals surface area contributed by atoms with Gasteiger partial charge in [0, 0.05) is 18.7 Å². The van der Waals surface area contributed by atoms with Crippen LogP contribution >= 0.6 is 0 Å². The topological polar surface area (TPSA) is 90.0 Å². The zero-order chi connectivity index (χ0) is 24.6. The SMILES string of the molecule is CCC(C)N1CCCCC1C(=O)NC(C(=O)N(C)[C@H](/C=C(\C)C(=O)O)C(C)C)[C@@H](C)CC. The van der Waals surface area contributed by atoms with E-state index < -0.39 is 12.0 Å². The van der Waals surface area contributed by atoms with Gasteiger partial charge in [0.2, 0.25) is 11.8 Å². The molecule has 1 rings (SSSR count). The Bertz CT molecular complexity index is 676. The van der Waals surface area contributed by atoms with Gasteiger partial charge in [-0.15, -0.1) is 0 Å². The summed E-state index contributed by atoms with van der Waals surface area (Å²) >= 11 is 0.